The third-order valence-corrected chi connectivity index (χ3v) is 6.30. The molecule has 1 heterocycles. The van der Waals surface area contributed by atoms with Gasteiger partial charge in [0.2, 0.25) is 5.88 Å². The maximum absolute atomic E-state index is 13.3. The lowest BCUT2D eigenvalue weighted by Gasteiger charge is -2.30. The number of carbonyl (C=O) groups excluding carboxylic acids is 2. The van der Waals surface area contributed by atoms with Crippen LogP contribution in [0.4, 0.5) is 4.79 Å². The van der Waals surface area contributed by atoms with E-state index in [1.807, 2.05) is 18.9 Å². The lowest BCUT2D eigenvalue weighted by molar-refractivity contribution is -0.118. The van der Waals surface area contributed by atoms with Crippen molar-refractivity contribution in [1.82, 2.24) is 21.1 Å². The lowest BCUT2D eigenvalue weighted by Crippen LogP contribution is -2.46. The summed E-state index contributed by atoms with van der Waals surface area (Å²) in [5.74, 6) is 0.924. The first-order valence-corrected chi connectivity index (χ1v) is 12.8. The number of hydrogen-bond acceptors (Lipinski definition) is 6. The van der Waals surface area contributed by atoms with Crippen LogP contribution < -0.4 is 16.1 Å². The molecule has 0 unspecified atom stereocenters. The van der Waals surface area contributed by atoms with Gasteiger partial charge in [0.25, 0.3) is 5.91 Å². The Hall–Kier alpha value is -1.96. The first-order valence-electron chi connectivity index (χ1n) is 12.8. The molecule has 0 saturated heterocycles. The van der Waals surface area contributed by atoms with Crippen LogP contribution >= 0.6 is 0 Å². The number of nitrogens with zero attached hydrogens (tertiary/aromatic N) is 1. The van der Waals surface area contributed by atoms with Crippen LogP contribution in [0.15, 0.2) is 11.5 Å². The predicted octanol–water partition coefficient (Wildman–Crippen LogP) is 4.22. The van der Waals surface area contributed by atoms with Gasteiger partial charge in [-0.15, -0.1) is 0 Å². The van der Waals surface area contributed by atoms with Crippen LogP contribution in [0.2, 0.25) is 0 Å². The van der Waals surface area contributed by atoms with Crippen LogP contribution in [-0.4, -0.2) is 55.4 Å². The molecule has 8 heteroatoms. The third kappa shape index (κ3) is 9.82. The Balaban J connectivity index is 2.05. The summed E-state index contributed by atoms with van der Waals surface area (Å²) >= 11 is 0. The van der Waals surface area contributed by atoms with E-state index in [9.17, 15) is 9.59 Å². The normalized spacial score (nSPS) is 18.9. The number of methoxy groups -OCH3 is 1. The van der Waals surface area contributed by atoms with Crippen molar-refractivity contribution in [1.29, 1.82) is 0 Å². The largest absolute Gasteiger partial charge is 0.478 e. The highest BCUT2D eigenvalue weighted by Gasteiger charge is 2.31. The van der Waals surface area contributed by atoms with Crippen LogP contribution in [0.1, 0.15) is 91.9 Å². The van der Waals surface area contributed by atoms with Crippen LogP contribution in [0.5, 0.6) is 0 Å². The number of alkyl carbamates (subject to hydrolysis) is 1. The molecular weight excluding hydrogens is 420 g/mol. The number of hydrogen-bond donors (Lipinski definition) is 3. The Kier molecular flexibility index (Phi) is 11.3. The van der Waals surface area contributed by atoms with E-state index < -0.39 is 11.6 Å². The van der Waals surface area contributed by atoms with Gasteiger partial charge in [-0.1, -0.05) is 58.8 Å². The summed E-state index contributed by atoms with van der Waals surface area (Å²) in [5.41, 5.74) is 3.51. The molecule has 0 bridgehead atoms. The zero-order chi connectivity index (χ0) is 24.3. The molecule has 0 aromatic carbocycles. The SMILES string of the molecule is COC(=O)NC(C)(C)CCN1NCC(C(=O)NC2CCCCCCCCC2)=C1OCC(C)C. The maximum Gasteiger partial charge on any atom is 0.407 e. The average molecular weight is 467 g/mol. The molecule has 0 spiro atoms. The number of hydrazine groups is 1. The summed E-state index contributed by atoms with van der Waals surface area (Å²) in [7, 11) is 1.36. The summed E-state index contributed by atoms with van der Waals surface area (Å²) in [5, 5.41) is 8.06. The molecule has 1 aliphatic carbocycles. The second-order valence-corrected chi connectivity index (χ2v) is 10.4. The predicted molar refractivity (Wildman–Crippen MR) is 130 cm³/mol. The Labute approximate surface area is 200 Å². The number of nitrogens with one attached hydrogen (secondary N) is 3. The smallest absolute Gasteiger partial charge is 0.407 e. The highest BCUT2D eigenvalue weighted by Crippen LogP contribution is 2.22. The quantitative estimate of drug-likeness (QED) is 0.471. The second kappa shape index (κ2) is 13.7. The summed E-state index contributed by atoms with van der Waals surface area (Å²) in [4.78, 5) is 24.9. The molecule has 33 heavy (non-hydrogen) atoms. The van der Waals surface area contributed by atoms with E-state index in [1.165, 1.54) is 52.1 Å². The van der Waals surface area contributed by atoms with Crippen LogP contribution in [0, 0.1) is 5.92 Å². The molecule has 8 nitrogen and oxygen atoms in total. The monoisotopic (exact) mass is 466 g/mol. The van der Waals surface area contributed by atoms with Crippen molar-refractivity contribution in [2.24, 2.45) is 5.92 Å². The number of ether oxygens (including phenoxy) is 2. The van der Waals surface area contributed by atoms with Crippen molar-refractivity contribution < 1.29 is 19.1 Å². The van der Waals surface area contributed by atoms with Gasteiger partial charge in [-0.25, -0.2) is 10.2 Å². The zero-order valence-corrected chi connectivity index (χ0v) is 21.4. The molecule has 1 saturated carbocycles. The molecule has 0 aromatic rings. The first-order chi connectivity index (χ1) is 15.7. The highest BCUT2D eigenvalue weighted by molar-refractivity contribution is 5.94. The molecule has 1 aliphatic heterocycles. The molecule has 0 radical (unpaired) electrons. The fraction of sp³-hybridized carbons (Fsp3) is 0.840. The third-order valence-electron chi connectivity index (χ3n) is 6.30. The van der Waals surface area contributed by atoms with Crippen LogP contribution in [0.25, 0.3) is 0 Å². The molecule has 190 valence electrons. The van der Waals surface area contributed by atoms with Gasteiger partial charge in [0.15, 0.2) is 0 Å². The minimum absolute atomic E-state index is 0.0299. The van der Waals surface area contributed by atoms with E-state index in [0.717, 1.165) is 12.8 Å². The molecule has 2 amide bonds. The highest BCUT2D eigenvalue weighted by atomic mass is 16.5. The van der Waals surface area contributed by atoms with Crippen molar-refractivity contribution in [2.45, 2.75) is 103 Å². The maximum atomic E-state index is 13.3. The summed E-state index contributed by atoms with van der Waals surface area (Å²) in [6.07, 6.45) is 11.1. The summed E-state index contributed by atoms with van der Waals surface area (Å²) in [6.45, 7) is 9.66. The zero-order valence-electron chi connectivity index (χ0n) is 21.4. The Morgan fingerprint density at radius 3 is 2.27 bits per heavy atom. The van der Waals surface area contributed by atoms with Gasteiger partial charge in [-0.05, 0) is 39.0 Å². The van der Waals surface area contributed by atoms with Gasteiger partial charge >= 0.3 is 6.09 Å². The lowest BCUT2D eigenvalue weighted by atomic mass is 9.97. The van der Waals surface area contributed by atoms with E-state index in [2.05, 4.69) is 29.9 Å². The van der Waals surface area contributed by atoms with Gasteiger partial charge < -0.3 is 20.1 Å². The Morgan fingerprint density at radius 2 is 1.70 bits per heavy atom. The van der Waals surface area contributed by atoms with Gasteiger partial charge in [0.05, 0.1) is 25.8 Å². The Bertz CT molecular complexity index is 653. The first kappa shape index (κ1) is 27.3. The van der Waals surface area contributed by atoms with Crippen molar-refractivity contribution in [3.63, 3.8) is 0 Å². The minimum Gasteiger partial charge on any atom is -0.478 e. The fourth-order valence-corrected chi connectivity index (χ4v) is 4.26. The second-order valence-electron chi connectivity index (χ2n) is 10.4. The molecular formula is C25H46N4O4. The van der Waals surface area contributed by atoms with Gasteiger partial charge in [-0.3, -0.25) is 9.80 Å². The van der Waals surface area contributed by atoms with Gasteiger partial charge in [-0.2, -0.15) is 0 Å². The number of amides is 2. The van der Waals surface area contributed by atoms with Crippen LogP contribution in [0.3, 0.4) is 0 Å². The van der Waals surface area contributed by atoms with E-state index >= 15 is 0 Å². The van der Waals surface area contributed by atoms with Crippen molar-refractivity contribution in [3.8, 4) is 0 Å². The van der Waals surface area contributed by atoms with E-state index in [4.69, 9.17) is 9.47 Å². The Morgan fingerprint density at radius 1 is 1.09 bits per heavy atom. The van der Waals surface area contributed by atoms with E-state index in [-0.39, 0.29) is 11.9 Å². The number of rotatable bonds is 9. The molecule has 1 fully saturated rings. The van der Waals surface area contributed by atoms with E-state index in [0.29, 0.717) is 43.5 Å². The van der Waals surface area contributed by atoms with Gasteiger partial charge in [0.1, 0.15) is 0 Å². The molecule has 2 aliphatic rings. The minimum atomic E-state index is -0.459. The molecule has 2 rings (SSSR count). The molecule has 0 aromatic heterocycles. The average Bonchev–Trinajstić information content (AvgIpc) is 3.18. The van der Waals surface area contributed by atoms with Crippen molar-refractivity contribution >= 4 is 12.0 Å². The summed E-state index contributed by atoms with van der Waals surface area (Å²) < 4.78 is 10.8. The molecule has 3 N–H and O–H groups in total. The summed E-state index contributed by atoms with van der Waals surface area (Å²) in [6, 6.07) is 0.228. The topological polar surface area (TPSA) is 91.9 Å². The number of carbonyl (C=O) groups is 2. The van der Waals surface area contributed by atoms with Crippen molar-refractivity contribution in [3.05, 3.63) is 11.5 Å². The van der Waals surface area contributed by atoms with Gasteiger partial charge in [0, 0.05) is 18.1 Å². The van der Waals surface area contributed by atoms with E-state index in [1.54, 1.807) is 0 Å². The van der Waals surface area contributed by atoms with Crippen LogP contribution in [-0.2, 0) is 14.3 Å². The fourth-order valence-electron chi connectivity index (χ4n) is 4.26. The van der Waals surface area contributed by atoms with Crippen molar-refractivity contribution in [2.75, 3.05) is 26.8 Å². The molecule has 0 atom stereocenters. The standard InChI is InChI=1S/C25H46N4O4/c1-19(2)18-33-23-21(17-26-29(23)16-15-25(3,4)28-24(31)32-5)22(30)27-20-13-11-9-7-6-8-10-12-14-20/h19-20,26H,6-18H2,1-5H3,(H,27,30)(H,28,31).